The molecule has 0 aromatic heterocycles. The number of nitrogens with one attached hydrogen (secondary N) is 1. The van der Waals surface area contributed by atoms with Crippen LogP contribution in [0.5, 0.6) is 0 Å². The fraction of sp³-hybridized carbons (Fsp3) is 0.125. The van der Waals surface area contributed by atoms with Gasteiger partial charge in [-0.15, -0.1) is 0 Å². The van der Waals surface area contributed by atoms with E-state index < -0.39 is 5.91 Å². The average Bonchev–Trinajstić information content (AvgIpc) is 2.19. The smallest absolute Gasteiger partial charge is 0.289 e. The van der Waals surface area contributed by atoms with Crippen LogP contribution in [0.3, 0.4) is 0 Å². The highest BCUT2D eigenvalue weighted by Gasteiger charge is 2.05. The first-order valence-corrected chi connectivity index (χ1v) is 3.63. The summed E-state index contributed by atoms with van der Waals surface area (Å²) in [6.07, 6.45) is 0.0994. The van der Waals surface area contributed by atoms with Crippen molar-refractivity contribution < 1.29 is 10.0 Å². The van der Waals surface area contributed by atoms with Crippen LogP contribution in [0, 0.1) is 5.39 Å². The number of carbonyl (C=O) groups excluding carboxylic acids is 1. The summed E-state index contributed by atoms with van der Waals surface area (Å²) >= 11 is 0. The molecular weight excluding hydrogens is 170 g/mol. The SMILES string of the molecule is N#[N+]c1ccc(CC(=O)NO)cc1. The van der Waals surface area contributed by atoms with Gasteiger partial charge in [0.2, 0.25) is 11.3 Å². The molecule has 2 N–H and O–H groups in total. The highest BCUT2D eigenvalue weighted by Crippen LogP contribution is 2.12. The van der Waals surface area contributed by atoms with E-state index in [9.17, 15) is 4.79 Å². The molecule has 0 atom stereocenters. The predicted octanol–water partition coefficient (Wildman–Crippen LogP) is 1.22. The van der Waals surface area contributed by atoms with Crippen LogP contribution in [-0.4, -0.2) is 11.1 Å². The summed E-state index contributed by atoms with van der Waals surface area (Å²) in [6, 6.07) is 6.43. The highest BCUT2D eigenvalue weighted by atomic mass is 16.5. The quantitative estimate of drug-likeness (QED) is 0.406. The molecule has 13 heavy (non-hydrogen) atoms. The molecule has 0 aliphatic heterocycles. The Hall–Kier alpha value is -1.93. The molecule has 1 rings (SSSR count). The van der Waals surface area contributed by atoms with Crippen molar-refractivity contribution >= 4 is 11.6 Å². The number of hydroxylamine groups is 1. The van der Waals surface area contributed by atoms with Crippen LogP contribution < -0.4 is 5.48 Å². The zero-order valence-electron chi connectivity index (χ0n) is 6.77. The standard InChI is InChI=1S/C8H7N3O2/c9-10-7-3-1-6(2-4-7)5-8(12)11-13/h1-4H,5H2,(H-,11,12,13)/p+1. The lowest BCUT2D eigenvalue weighted by Gasteiger charge is -1.96. The van der Waals surface area contributed by atoms with Crippen molar-refractivity contribution in [1.82, 2.24) is 5.48 Å². The number of diazo groups is 1. The van der Waals surface area contributed by atoms with E-state index in [1.807, 2.05) is 0 Å². The molecule has 0 bridgehead atoms. The minimum absolute atomic E-state index is 0.0994. The van der Waals surface area contributed by atoms with Gasteiger partial charge >= 0.3 is 5.69 Å². The molecule has 1 aromatic carbocycles. The highest BCUT2D eigenvalue weighted by molar-refractivity contribution is 5.77. The van der Waals surface area contributed by atoms with E-state index in [4.69, 9.17) is 10.6 Å². The van der Waals surface area contributed by atoms with E-state index in [0.717, 1.165) is 5.56 Å². The maximum absolute atomic E-state index is 10.7. The van der Waals surface area contributed by atoms with Crippen molar-refractivity contribution in [3.63, 3.8) is 0 Å². The summed E-state index contributed by atoms with van der Waals surface area (Å²) in [6.45, 7) is 0. The van der Waals surface area contributed by atoms with E-state index in [2.05, 4.69) is 4.98 Å². The molecule has 0 aliphatic carbocycles. The third-order valence-electron chi connectivity index (χ3n) is 1.54. The molecule has 1 amide bonds. The van der Waals surface area contributed by atoms with Gasteiger partial charge in [0.15, 0.2) is 4.98 Å². The second-order valence-corrected chi connectivity index (χ2v) is 2.48. The lowest BCUT2D eigenvalue weighted by molar-refractivity contribution is -0.128. The molecule has 0 aliphatic rings. The Morgan fingerprint density at radius 1 is 1.46 bits per heavy atom. The molecule has 5 heteroatoms. The van der Waals surface area contributed by atoms with E-state index in [-0.39, 0.29) is 6.42 Å². The normalized spacial score (nSPS) is 8.92. The number of hydrogen-bond donors (Lipinski definition) is 2. The van der Waals surface area contributed by atoms with Gasteiger partial charge in [-0.05, 0) is 5.56 Å². The Morgan fingerprint density at radius 2 is 2.08 bits per heavy atom. The lowest BCUT2D eigenvalue weighted by atomic mass is 10.1. The summed E-state index contributed by atoms with van der Waals surface area (Å²) in [5.41, 5.74) is 2.69. The summed E-state index contributed by atoms with van der Waals surface area (Å²) in [4.78, 5) is 13.7. The van der Waals surface area contributed by atoms with Crippen LogP contribution in [0.25, 0.3) is 4.98 Å². The Balaban J connectivity index is 2.71. The van der Waals surface area contributed by atoms with Crippen molar-refractivity contribution in [3.05, 3.63) is 34.8 Å². The molecule has 0 fully saturated rings. The van der Waals surface area contributed by atoms with Crippen molar-refractivity contribution in [2.75, 3.05) is 0 Å². The second-order valence-electron chi connectivity index (χ2n) is 2.48. The molecule has 5 nitrogen and oxygen atoms in total. The monoisotopic (exact) mass is 178 g/mol. The van der Waals surface area contributed by atoms with E-state index in [0.29, 0.717) is 5.69 Å². The minimum Gasteiger partial charge on any atom is -0.289 e. The van der Waals surface area contributed by atoms with Crippen molar-refractivity contribution in [2.24, 2.45) is 0 Å². The predicted molar refractivity (Wildman–Crippen MR) is 44.8 cm³/mol. The average molecular weight is 178 g/mol. The molecule has 0 unspecified atom stereocenters. The largest absolute Gasteiger partial charge is 0.385 e. The number of carbonyl (C=O) groups is 1. The number of hydrogen-bond acceptors (Lipinski definition) is 3. The zero-order chi connectivity index (χ0) is 9.68. The van der Waals surface area contributed by atoms with Gasteiger partial charge in [-0.25, -0.2) is 5.48 Å². The van der Waals surface area contributed by atoms with Crippen molar-refractivity contribution in [3.8, 4) is 0 Å². The molecule has 1 aromatic rings. The van der Waals surface area contributed by atoms with Gasteiger partial charge in [-0.3, -0.25) is 10.0 Å². The van der Waals surface area contributed by atoms with Gasteiger partial charge in [0.05, 0.1) is 6.42 Å². The fourth-order valence-corrected chi connectivity index (χ4v) is 0.905. The number of benzene rings is 1. The zero-order valence-corrected chi connectivity index (χ0v) is 6.77. The summed E-state index contributed by atoms with van der Waals surface area (Å²) in [7, 11) is 0. The first kappa shape index (κ1) is 9.16. The van der Waals surface area contributed by atoms with Crippen LogP contribution in [-0.2, 0) is 11.2 Å². The fourth-order valence-electron chi connectivity index (χ4n) is 0.905. The van der Waals surface area contributed by atoms with E-state index >= 15 is 0 Å². The first-order valence-electron chi connectivity index (χ1n) is 3.63. The lowest BCUT2D eigenvalue weighted by Crippen LogP contribution is -2.20. The van der Waals surface area contributed by atoms with Crippen LogP contribution >= 0.6 is 0 Å². The molecule has 66 valence electrons. The Kier molecular flexibility index (Phi) is 2.95. The third kappa shape index (κ3) is 2.54. The molecule has 0 radical (unpaired) electrons. The molecule has 0 saturated heterocycles. The Morgan fingerprint density at radius 3 is 2.54 bits per heavy atom. The number of amides is 1. The maximum atomic E-state index is 10.7. The van der Waals surface area contributed by atoms with E-state index in [1.54, 1.807) is 24.3 Å². The van der Waals surface area contributed by atoms with E-state index in [1.165, 1.54) is 5.48 Å². The topological polar surface area (TPSA) is 77.5 Å². The molecular formula is C8H8N3O2+. The first-order chi connectivity index (χ1) is 6.26. The molecule has 0 spiro atoms. The Labute approximate surface area is 74.6 Å². The Bertz CT molecular complexity index is 339. The van der Waals surface area contributed by atoms with Crippen LogP contribution in [0.15, 0.2) is 24.3 Å². The second kappa shape index (κ2) is 4.18. The molecule has 0 saturated carbocycles. The summed E-state index contributed by atoms with van der Waals surface area (Å²) < 4.78 is 0. The minimum atomic E-state index is -0.478. The summed E-state index contributed by atoms with van der Waals surface area (Å²) in [5.74, 6) is -0.478. The maximum Gasteiger partial charge on any atom is 0.385 e. The number of nitrogens with zero attached hydrogens (tertiary/aromatic N) is 2. The molecule has 0 heterocycles. The van der Waals surface area contributed by atoms with Gasteiger partial charge in [-0.1, -0.05) is 12.1 Å². The van der Waals surface area contributed by atoms with Gasteiger partial charge in [-0.2, -0.15) is 0 Å². The van der Waals surface area contributed by atoms with Crippen molar-refractivity contribution in [2.45, 2.75) is 6.42 Å². The number of rotatable bonds is 2. The third-order valence-corrected chi connectivity index (χ3v) is 1.54. The van der Waals surface area contributed by atoms with Gasteiger partial charge in [0.1, 0.15) is 0 Å². The van der Waals surface area contributed by atoms with Gasteiger partial charge in [0.25, 0.3) is 0 Å². The summed E-state index contributed by atoms with van der Waals surface area (Å²) in [5, 5.41) is 16.6. The van der Waals surface area contributed by atoms with Crippen LogP contribution in [0.1, 0.15) is 5.56 Å². The van der Waals surface area contributed by atoms with Crippen LogP contribution in [0.2, 0.25) is 0 Å². The van der Waals surface area contributed by atoms with Gasteiger partial charge < -0.3 is 0 Å². The van der Waals surface area contributed by atoms with Gasteiger partial charge in [0, 0.05) is 12.1 Å². The van der Waals surface area contributed by atoms with Crippen LogP contribution in [0.4, 0.5) is 5.69 Å². The van der Waals surface area contributed by atoms with Crippen molar-refractivity contribution in [1.29, 1.82) is 5.39 Å².